The summed E-state index contributed by atoms with van der Waals surface area (Å²) in [6, 6.07) is 12.6. The second-order valence-corrected chi connectivity index (χ2v) is 6.86. The van der Waals surface area contributed by atoms with E-state index in [0.717, 1.165) is 29.8 Å². The predicted molar refractivity (Wildman–Crippen MR) is 101 cm³/mol. The van der Waals surface area contributed by atoms with E-state index >= 15 is 0 Å². The van der Waals surface area contributed by atoms with Crippen LogP contribution in [0.5, 0.6) is 5.75 Å². The number of benzene rings is 2. The minimum absolute atomic E-state index is 0.0437. The fraction of sp³-hybridized carbons (Fsp3) is 0.300. The first-order valence-electron chi connectivity index (χ1n) is 9.06. The van der Waals surface area contributed by atoms with E-state index in [1.807, 2.05) is 24.3 Å². The molecule has 0 saturated carbocycles. The van der Waals surface area contributed by atoms with E-state index in [0.29, 0.717) is 17.1 Å². The zero-order chi connectivity index (χ0) is 21.0. The van der Waals surface area contributed by atoms with Gasteiger partial charge in [-0.25, -0.2) is 0 Å². The molecule has 1 aliphatic heterocycles. The number of halogens is 3. The van der Waals surface area contributed by atoms with E-state index in [1.54, 1.807) is 11.9 Å². The van der Waals surface area contributed by atoms with E-state index in [4.69, 9.17) is 0 Å². The van der Waals surface area contributed by atoms with Gasteiger partial charge in [0.15, 0.2) is 13.1 Å². The van der Waals surface area contributed by atoms with Crippen LogP contribution in [0.25, 0.3) is 0 Å². The molecule has 2 N–H and O–H groups in total. The lowest BCUT2D eigenvalue weighted by Crippen LogP contribution is -3.11. The molecule has 0 fully saturated rings. The zero-order valence-corrected chi connectivity index (χ0v) is 15.8. The predicted octanol–water partition coefficient (Wildman–Crippen LogP) is 1.63. The van der Waals surface area contributed by atoms with Crippen molar-refractivity contribution in [3.05, 3.63) is 54.1 Å². The third kappa shape index (κ3) is 5.71. The quantitative estimate of drug-likeness (QED) is 0.764. The maximum atomic E-state index is 12.6. The molecule has 154 valence electrons. The van der Waals surface area contributed by atoms with Gasteiger partial charge < -0.3 is 19.9 Å². The van der Waals surface area contributed by atoms with Crippen molar-refractivity contribution in [2.75, 3.05) is 36.9 Å². The molecular formula is C20H21F3N3O3+. The monoisotopic (exact) mass is 408 g/mol. The van der Waals surface area contributed by atoms with Crippen molar-refractivity contribution in [3.8, 4) is 5.75 Å². The summed E-state index contributed by atoms with van der Waals surface area (Å²) in [6.07, 6.45) is -3.95. The molecule has 1 heterocycles. The van der Waals surface area contributed by atoms with Gasteiger partial charge in [0, 0.05) is 17.9 Å². The number of nitrogens with zero attached hydrogens (tertiary/aromatic N) is 1. The van der Waals surface area contributed by atoms with Crippen LogP contribution >= 0.6 is 0 Å². The van der Waals surface area contributed by atoms with Gasteiger partial charge in [-0.3, -0.25) is 9.59 Å². The highest BCUT2D eigenvalue weighted by molar-refractivity contribution is 5.96. The van der Waals surface area contributed by atoms with Crippen molar-refractivity contribution >= 4 is 23.2 Å². The minimum atomic E-state index is -4.76. The van der Waals surface area contributed by atoms with Crippen LogP contribution in [0.2, 0.25) is 0 Å². The van der Waals surface area contributed by atoms with E-state index in [9.17, 15) is 22.8 Å². The number of carbonyl (C=O) groups is 2. The van der Waals surface area contributed by atoms with Gasteiger partial charge in [0.25, 0.3) is 11.8 Å². The van der Waals surface area contributed by atoms with Crippen molar-refractivity contribution in [2.24, 2.45) is 0 Å². The molecule has 3 rings (SSSR count). The normalized spacial score (nSPS) is 14.3. The lowest BCUT2D eigenvalue weighted by Gasteiger charge is -2.20. The smallest absolute Gasteiger partial charge is 0.406 e. The van der Waals surface area contributed by atoms with E-state index in [2.05, 4.69) is 10.1 Å². The van der Waals surface area contributed by atoms with Crippen LogP contribution in [0.3, 0.4) is 0 Å². The SMILES string of the molecule is C[NH+](CC(=O)Nc1ccc(OC(F)(F)F)cc1)CC(=O)N1CCc2ccccc21. The summed E-state index contributed by atoms with van der Waals surface area (Å²) in [4.78, 5) is 27.2. The Balaban J connectivity index is 1.49. The van der Waals surface area contributed by atoms with Gasteiger partial charge in [-0.05, 0) is 42.3 Å². The molecule has 0 saturated heterocycles. The van der Waals surface area contributed by atoms with Crippen LogP contribution in [0.4, 0.5) is 24.5 Å². The number of carbonyl (C=O) groups excluding carboxylic acids is 2. The molecule has 0 radical (unpaired) electrons. The zero-order valence-electron chi connectivity index (χ0n) is 15.8. The van der Waals surface area contributed by atoms with Crippen LogP contribution in [-0.4, -0.2) is 44.9 Å². The van der Waals surface area contributed by atoms with Crippen molar-refractivity contribution in [1.29, 1.82) is 0 Å². The Labute approximate surface area is 165 Å². The highest BCUT2D eigenvalue weighted by atomic mass is 19.4. The van der Waals surface area contributed by atoms with E-state index in [1.165, 1.54) is 12.1 Å². The van der Waals surface area contributed by atoms with E-state index in [-0.39, 0.29) is 30.7 Å². The molecule has 0 spiro atoms. The van der Waals surface area contributed by atoms with Gasteiger partial charge in [-0.1, -0.05) is 18.2 Å². The Bertz CT molecular complexity index is 885. The van der Waals surface area contributed by atoms with Gasteiger partial charge in [0.05, 0.1) is 7.05 Å². The van der Waals surface area contributed by atoms with Gasteiger partial charge >= 0.3 is 6.36 Å². The first kappa shape index (κ1) is 20.7. The molecule has 2 aromatic carbocycles. The summed E-state index contributed by atoms with van der Waals surface area (Å²) >= 11 is 0. The number of hydrogen-bond acceptors (Lipinski definition) is 3. The maximum absolute atomic E-state index is 12.6. The molecule has 9 heteroatoms. The number of nitrogens with one attached hydrogen (secondary N) is 2. The van der Waals surface area contributed by atoms with Crippen molar-refractivity contribution < 1.29 is 32.4 Å². The van der Waals surface area contributed by atoms with Gasteiger partial charge in [-0.15, -0.1) is 13.2 Å². The summed E-state index contributed by atoms with van der Waals surface area (Å²) < 4.78 is 40.3. The highest BCUT2D eigenvalue weighted by Gasteiger charge is 2.31. The first-order valence-corrected chi connectivity index (χ1v) is 9.06. The summed E-state index contributed by atoms with van der Waals surface area (Å²) in [5, 5.41) is 2.60. The molecule has 0 aromatic heterocycles. The summed E-state index contributed by atoms with van der Waals surface area (Å²) in [7, 11) is 1.74. The Morgan fingerprint density at radius 1 is 1.10 bits per heavy atom. The average Bonchev–Trinajstić information content (AvgIpc) is 3.06. The molecule has 0 aliphatic carbocycles. The fourth-order valence-corrected chi connectivity index (χ4v) is 3.23. The molecule has 1 atom stereocenters. The number of ether oxygens (including phenoxy) is 1. The Morgan fingerprint density at radius 3 is 2.48 bits per heavy atom. The number of rotatable bonds is 6. The molecule has 2 amide bonds. The van der Waals surface area contributed by atoms with Crippen molar-refractivity contribution in [3.63, 3.8) is 0 Å². The van der Waals surface area contributed by atoms with Crippen LogP contribution in [0.1, 0.15) is 5.56 Å². The average molecular weight is 408 g/mol. The molecule has 6 nitrogen and oxygen atoms in total. The third-order valence-corrected chi connectivity index (χ3v) is 4.48. The lowest BCUT2D eigenvalue weighted by atomic mass is 10.2. The Hall–Kier alpha value is -3.07. The summed E-state index contributed by atoms with van der Waals surface area (Å²) in [5.74, 6) is -0.773. The molecular weight excluding hydrogens is 387 g/mol. The highest BCUT2D eigenvalue weighted by Crippen LogP contribution is 2.27. The van der Waals surface area contributed by atoms with Crippen LogP contribution in [0.15, 0.2) is 48.5 Å². The number of hydrogen-bond donors (Lipinski definition) is 2. The molecule has 1 unspecified atom stereocenters. The number of quaternary nitrogens is 1. The Morgan fingerprint density at radius 2 is 1.79 bits per heavy atom. The number of likely N-dealkylation sites (N-methyl/N-ethyl adjacent to an activating group) is 1. The van der Waals surface area contributed by atoms with Crippen molar-refractivity contribution in [1.82, 2.24) is 0 Å². The van der Waals surface area contributed by atoms with E-state index < -0.39 is 6.36 Å². The second kappa shape index (κ2) is 8.52. The standard InChI is InChI=1S/C20H20F3N3O3/c1-25(13-19(28)26-11-10-14-4-2-3-5-17(14)26)12-18(27)24-15-6-8-16(9-7-15)29-20(21,22)23/h2-9H,10-13H2,1H3,(H,24,27)/p+1. The number of amides is 2. The van der Waals surface area contributed by atoms with Crippen LogP contribution in [0, 0.1) is 0 Å². The largest absolute Gasteiger partial charge is 0.573 e. The number of fused-ring (bicyclic) bond motifs is 1. The fourth-order valence-electron chi connectivity index (χ4n) is 3.23. The number of anilines is 2. The van der Waals surface area contributed by atoms with Crippen LogP contribution in [-0.2, 0) is 16.0 Å². The third-order valence-electron chi connectivity index (χ3n) is 4.48. The summed E-state index contributed by atoms with van der Waals surface area (Å²) in [6.45, 7) is 0.826. The minimum Gasteiger partial charge on any atom is -0.406 e. The lowest BCUT2D eigenvalue weighted by molar-refractivity contribution is -0.862. The van der Waals surface area contributed by atoms with Gasteiger partial charge in [0.1, 0.15) is 5.75 Å². The number of para-hydroxylation sites is 1. The molecule has 0 bridgehead atoms. The number of alkyl halides is 3. The van der Waals surface area contributed by atoms with Gasteiger partial charge in [-0.2, -0.15) is 0 Å². The summed E-state index contributed by atoms with van der Waals surface area (Å²) in [5.41, 5.74) is 2.39. The maximum Gasteiger partial charge on any atom is 0.573 e. The molecule has 1 aliphatic rings. The molecule has 29 heavy (non-hydrogen) atoms. The second-order valence-electron chi connectivity index (χ2n) is 6.86. The Kier molecular flexibility index (Phi) is 6.07. The van der Waals surface area contributed by atoms with Crippen molar-refractivity contribution in [2.45, 2.75) is 12.8 Å². The molecule has 2 aromatic rings. The van der Waals surface area contributed by atoms with Gasteiger partial charge in [0.2, 0.25) is 0 Å². The topological polar surface area (TPSA) is 63.1 Å². The van der Waals surface area contributed by atoms with Crippen LogP contribution < -0.4 is 19.9 Å². The first-order chi connectivity index (χ1) is 13.7.